The highest BCUT2D eigenvalue weighted by Crippen LogP contribution is 2.23. The normalized spacial score (nSPS) is 11.7. The Bertz CT molecular complexity index is 1220. The van der Waals surface area contributed by atoms with E-state index in [-0.39, 0.29) is 28.9 Å². The zero-order valence-electron chi connectivity index (χ0n) is 18.8. The summed E-state index contributed by atoms with van der Waals surface area (Å²) in [6.07, 6.45) is 0. The monoisotopic (exact) mass is 486 g/mol. The fourth-order valence-electron chi connectivity index (χ4n) is 2.94. The van der Waals surface area contributed by atoms with Crippen LogP contribution in [0.2, 0.25) is 0 Å². The van der Waals surface area contributed by atoms with E-state index in [0.717, 1.165) is 11.3 Å². The lowest BCUT2D eigenvalue weighted by atomic mass is 10.1. The van der Waals surface area contributed by atoms with Crippen molar-refractivity contribution in [1.82, 2.24) is 25.3 Å². The summed E-state index contributed by atoms with van der Waals surface area (Å²) in [6, 6.07) is 5.98. The SMILES string of the molecule is Cc1nc(-c2cccc(C(=O)NC[C@@H](C(=O)Nc3nc(C)c(C(=O)OC=O)s3)N(C)C)c2)no1. The number of carbonyl (C=O) groups excluding carboxylic acids is 4. The average Bonchev–Trinajstić information content (AvgIpc) is 3.39. The van der Waals surface area contributed by atoms with Crippen LogP contribution in [0.1, 0.15) is 31.6 Å². The standard InChI is InChI=1S/C21H22N6O6S/c1-11-16(20(31)32-10-28)34-21(23-11)25-19(30)15(27(3)4)9-22-18(29)14-7-5-6-13(8-14)17-24-12(2)33-26-17/h5-8,10,15H,9H2,1-4H3,(H,22,29)(H,23,25,30)/t15-/m0/s1. The number of rotatable bonds is 9. The molecule has 0 aliphatic heterocycles. The number of hydrogen-bond acceptors (Lipinski definition) is 11. The minimum absolute atomic E-state index is 0.00755. The number of nitrogens with zero attached hydrogens (tertiary/aromatic N) is 4. The summed E-state index contributed by atoms with van der Waals surface area (Å²) in [7, 11) is 3.38. The van der Waals surface area contributed by atoms with Gasteiger partial charge < -0.3 is 19.9 Å². The summed E-state index contributed by atoms with van der Waals surface area (Å²) >= 11 is 0.886. The van der Waals surface area contributed by atoms with E-state index in [1.807, 2.05) is 0 Å². The van der Waals surface area contributed by atoms with Crippen molar-refractivity contribution in [1.29, 1.82) is 0 Å². The third-order valence-electron chi connectivity index (χ3n) is 4.66. The molecule has 0 unspecified atom stereocenters. The second-order valence-corrected chi connectivity index (χ2v) is 8.33. The molecule has 178 valence electrons. The van der Waals surface area contributed by atoms with E-state index in [0.29, 0.717) is 28.5 Å². The number of thiazole rings is 1. The van der Waals surface area contributed by atoms with Crippen LogP contribution in [0.5, 0.6) is 0 Å². The van der Waals surface area contributed by atoms with Gasteiger partial charge in [-0.1, -0.05) is 28.6 Å². The van der Waals surface area contributed by atoms with Gasteiger partial charge in [0.25, 0.3) is 5.91 Å². The van der Waals surface area contributed by atoms with Crippen molar-refractivity contribution >= 4 is 40.7 Å². The number of nitrogens with one attached hydrogen (secondary N) is 2. The Balaban J connectivity index is 1.66. The Morgan fingerprint density at radius 3 is 2.65 bits per heavy atom. The molecular weight excluding hydrogens is 464 g/mol. The maximum atomic E-state index is 12.8. The van der Waals surface area contributed by atoms with Crippen molar-refractivity contribution in [3.8, 4) is 11.4 Å². The molecule has 0 aliphatic carbocycles. The number of esters is 1. The van der Waals surface area contributed by atoms with Gasteiger partial charge in [-0.15, -0.1) is 0 Å². The molecule has 2 amide bonds. The molecule has 2 aromatic heterocycles. The van der Waals surface area contributed by atoms with Gasteiger partial charge >= 0.3 is 12.4 Å². The van der Waals surface area contributed by atoms with Crippen molar-refractivity contribution in [2.24, 2.45) is 0 Å². The van der Waals surface area contributed by atoms with Gasteiger partial charge in [0, 0.05) is 24.6 Å². The molecule has 1 aromatic carbocycles. The summed E-state index contributed by atoms with van der Waals surface area (Å²) < 4.78 is 9.30. The number of benzene rings is 1. The zero-order chi connectivity index (χ0) is 24.8. The van der Waals surface area contributed by atoms with E-state index in [4.69, 9.17) is 4.52 Å². The zero-order valence-corrected chi connectivity index (χ0v) is 19.6. The molecule has 0 radical (unpaired) electrons. The minimum atomic E-state index is -0.847. The molecule has 0 bridgehead atoms. The summed E-state index contributed by atoms with van der Waals surface area (Å²) in [5.74, 6) is -0.892. The Labute approximate surface area is 198 Å². The first-order chi connectivity index (χ1) is 16.2. The van der Waals surface area contributed by atoms with Crippen LogP contribution in [0.4, 0.5) is 5.13 Å². The number of aromatic nitrogens is 3. The highest BCUT2D eigenvalue weighted by molar-refractivity contribution is 7.17. The molecule has 0 saturated heterocycles. The first kappa shape index (κ1) is 24.7. The minimum Gasteiger partial charge on any atom is -0.391 e. The maximum absolute atomic E-state index is 12.8. The molecule has 3 rings (SSSR count). The molecule has 12 nitrogen and oxygen atoms in total. The summed E-state index contributed by atoms with van der Waals surface area (Å²) in [4.78, 5) is 57.7. The predicted molar refractivity (Wildman–Crippen MR) is 121 cm³/mol. The van der Waals surface area contributed by atoms with Gasteiger partial charge in [-0.25, -0.2) is 9.78 Å². The van der Waals surface area contributed by atoms with Gasteiger partial charge in [0.2, 0.25) is 17.6 Å². The van der Waals surface area contributed by atoms with Crippen LogP contribution >= 0.6 is 11.3 Å². The van der Waals surface area contributed by atoms with Crippen molar-refractivity contribution < 1.29 is 28.4 Å². The van der Waals surface area contributed by atoms with E-state index in [1.54, 1.807) is 57.1 Å². The number of hydrogen-bond donors (Lipinski definition) is 2. The molecule has 3 aromatic rings. The molecular formula is C21H22N6O6S. The largest absolute Gasteiger partial charge is 0.391 e. The molecule has 2 heterocycles. The Morgan fingerprint density at radius 2 is 2.00 bits per heavy atom. The lowest BCUT2D eigenvalue weighted by molar-refractivity contribution is -0.124. The summed E-state index contributed by atoms with van der Waals surface area (Å²) in [5.41, 5.74) is 1.31. The first-order valence-corrected chi connectivity index (χ1v) is 10.8. The van der Waals surface area contributed by atoms with Crippen LogP contribution in [-0.4, -0.2) is 71.0 Å². The van der Waals surface area contributed by atoms with E-state index >= 15 is 0 Å². The lowest BCUT2D eigenvalue weighted by Crippen LogP contribution is -2.47. The average molecular weight is 487 g/mol. The number of ether oxygens (including phenoxy) is 1. The van der Waals surface area contributed by atoms with E-state index in [2.05, 4.69) is 30.5 Å². The van der Waals surface area contributed by atoms with Crippen molar-refractivity contribution in [3.63, 3.8) is 0 Å². The third-order valence-corrected chi connectivity index (χ3v) is 5.71. The topological polar surface area (TPSA) is 157 Å². The van der Waals surface area contributed by atoms with Crippen LogP contribution in [0.3, 0.4) is 0 Å². The van der Waals surface area contributed by atoms with Crippen LogP contribution in [0, 0.1) is 13.8 Å². The highest BCUT2D eigenvalue weighted by atomic mass is 32.1. The van der Waals surface area contributed by atoms with Gasteiger partial charge in [0.05, 0.1) is 5.69 Å². The summed E-state index contributed by atoms with van der Waals surface area (Å²) in [6.45, 7) is 3.27. The van der Waals surface area contributed by atoms with Crippen LogP contribution in [-0.2, 0) is 14.3 Å². The fraction of sp³-hybridized carbons (Fsp3) is 0.286. The number of carbonyl (C=O) groups is 4. The maximum Gasteiger partial charge on any atom is 0.357 e. The predicted octanol–water partition coefficient (Wildman–Crippen LogP) is 1.42. The van der Waals surface area contributed by atoms with Gasteiger partial charge in [0.1, 0.15) is 10.9 Å². The van der Waals surface area contributed by atoms with Gasteiger partial charge in [-0.3, -0.25) is 19.3 Å². The quantitative estimate of drug-likeness (QED) is 0.257. The Hall–Kier alpha value is -3.97. The molecule has 0 spiro atoms. The molecule has 13 heteroatoms. The molecule has 0 saturated carbocycles. The van der Waals surface area contributed by atoms with Crippen molar-refractivity contribution in [2.45, 2.75) is 19.9 Å². The van der Waals surface area contributed by atoms with Crippen LogP contribution in [0.15, 0.2) is 28.8 Å². The van der Waals surface area contributed by atoms with E-state index in [9.17, 15) is 19.2 Å². The lowest BCUT2D eigenvalue weighted by Gasteiger charge is -2.23. The van der Waals surface area contributed by atoms with E-state index in [1.165, 1.54) is 0 Å². The van der Waals surface area contributed by atoms with Gasteiger partial charge in [-0.05, 0) is 33.2 Å². The molecule has 1 atom stereocenters. The molecule has 2 N–H and O–H groups in total. The van der Waals surface area contributed by atoms with Crippen molar-refractivity contribution in [3.05, 3.63) is 46.3 Å². The third kappa shape index (κ3) is 5.88. The van der Waals surface area contributed by atoms with Crippen molar-refractivity contribution in [2.75, 3.05) is 26.0 Å². The second-order valence-electron chi connectivity index (χ2n) is 7.33. The Morgan fingerprint density at radius 1 is 1.24 bits per heavy atom. The number of likely N-dealkylation sites (N-methyl/N-ethyl adjacent to an activating group) is 1. The van der Waals surface area contributed by atoms with Crippen LogP contribution < -0.4 is 10.6 Å². The number of aryl methyl sites for hydroxylation is 2. The first-order valence-electron chi connectivity index (χ1n) is 9.98. The fourth-order valence-corrected chi connectivity index (χ4v) is 3.79. The van der Waals surface area contributed by atoms with Gasteiger partial charge in [-0.2, -0.15) is 4.98 Å². The molecule has 0 fully saturated rings. The van der Waals surface area contributed by atoms with E-state index < -0.39 is 17.9 Å². The number of anilines is 1. The van der Waals surface area contributed by atoms with Crippen LogP contribution in [0.25, 0.3) is 11.4 Å². The smallest absolute Gasteiger partial charge is 0.357 e. The Kier molecular flexibility index (Phi) is 7.81. The molecule has 0 aliphatic rings. The number of amides is 2. The summed E-state index contributed by atoms with van der Waals surface area (Å²) in [5, 5.41) is 9.39. The highest BCUT2D eigenvalue weighted by Gasteiger charge is 2.25. The van der Waals surface area contributed by atoms with Gasteiger partial charge in [0.15, 0.2) is 5.13 Å². The molecule has 34 heavy (non-hydrogen) atoms. The second kappa shape index (κ2) is 10.8.